The van der Waals surface area contributed by atoms with Gasteiger partial charge in [0.25, 0.3) is 0 Å². The van der Waals surface area contributed by atoms with E-state index in [9.17, 15) is 13.9 Å². The van der Waals surface area contributed by atoms with E-state index >= 15 is 0 Å². The molecule has 0 amide bonds. The highest BCUT2D eigenvalue weighted by molar-refractivity contribution is 7.12. The first-order chi connectivity index (χ1) is 8.08. The maximum Gasteiger partial charge on any atom is 0.129 e. The van der Waals surface area contributed by atoms with E-state index in [1.807, 2.05) is 13.0 Å². The van der Waals surface area contributed by atoms with E-state index in [4.69, 9.17) is 0 Å². The van der Waals surface area contributed by atoms with Crippen LogP contribution in [0, 0.1) is 18.6 Å². The summed E-state index contributed by atoms with van der Waals surface area (Å²) in [7, 11) is 0. The van der Waals surface area contributed by atoms with Gasteiger partial charge in [0, 0.05) is 21.7 Å². The average Bonchev–Trinajstić information content (AvgIpc) is 2.70. The first kappa shape index (κ1) is 12.2. The molecule has 0 saturated carbocycles. The fourth-order valence-corrected chi connectivity index (χ4v) is 2.52. The van der Waals surface area contributed by atoms with Crippen molar-refractivity contribution in [2.45, 2.75) is 19.4 Å². The molecule has 2 rings (SSSR count). The van der Waals surface area contributed by atoms with Crippen LogP contribution in [0.15, 0.2) is 30.3 Å². The third-order valence-electron chi connectivity index (χ3n) is 2.55. The minimum absolute atomic E-state index is 0.0432. The molecular weight excluding hydrogens is 242 g/mol. The molecule has 0 aliphatic rings. The lowest BCUT2D eigenvalue weighted by atomic mass is 10.1. The second-order valence-corrected chi connectivity index (χ2v) is 5.19. The molecule has 1 unspecified atom stereocenters. The van der Waals surface area contributed by atoms with Gasteiger partial charge in [-0.2, -0.15) is 0 Å². The van der Waals surface area contributed by atoms with Crippen LogP contribution in [0.5, 0.6) is 0 Å². The van der Waals surface area contributed by atoms with Crippen LogP contribution in [0.1, 0.15) is 21.4 Å². The summed E-state index contributed by atoms with van der Waals surface area (Å²) >= 11 is 1.43. The molecule has 1 nitrogen and oxygen atoms in total. The summed E-state index contributed by atoms with van der Waals surface area (Å²) in [6, 6.07) is 7.37. The Hall–Kier alpha value is -1.26. The van der Waals surface area contributed by atoms with Crippen molar-refractivity contribution in [1.29, 1.82) is 0 Å². The summed E-state index contributed by atoms with van der Waals surface area (Å²) in [4.78, 5) is 1.79. The first-order valence-corrected chi connectivity index (χ1v) is 6.07. The highest BCUT2D eigenvalue weighted by atomic mass is 32.1. The number of hydrogen-bond acceptors (Lipinski definition) is 2. The molecule has 1 aromatic heterocycles. The lowest BCUT2D eigenvalue weighted by Gasteiger charge is -2.10. The van der Waals surface area contributed by atoms with Crippen molar-refractivity contribution < 1.29 is 13.9 Å². The van der Waals surface area contributed by atoms with Crippen molar-refractivity contribution in [2.24, 2.45) is 0 Å². The number of benzene rings is 1. The third kappa shape index (κ3) is 2.70. The van der Waals surface area contributed by atoms with E-state index in [2.05, 4.69) is 0 Å². The van der Waals surface area contributed by atoms with E-state index in [1.54, 1.807) is 6.07 Å². The second-order valence-electron chi connectivity index (χ2n) is 3.87. The SMILES string of the molecule is Cc1ccc(C(O)Cc2c(F)cccc2F)s1. The van der Waals surface area contributed by atoms with Crippen LogP contribution < -0.4 is 0 Å². The van der Waals surface area contributed by atoms with Gasteiger partial charge in [0.2, 0.25) is 0 Å². The predicted octanol–water partition coefficient (Wildman–Crippen LogP) is 3.61. The van der Waals surface area contributed by atoms with Crippen LogP contribution in [0.3, 0.4) is 0 Å². The highest BCUT2D eigenvalue weighted by Crippen LogP contribution is 2.27. The number of aryl methyl sites for hydroxylation is 1. The summed E-state index contributed by atoms with van der Waals surface area (Å²) < 4.78 is 26.8. The van der Waals surface area contributed by atoms with Gasteiger partial charge in [-0.05, 0) is 31.2 Å². The molecular formula is C13H12F2OS. The minimum atomic E-state index is -0.861. The van der Waals surface area contributed by atoms with Crippen molar-refractivity contribution in [1.82, 2.24) is 0 Å². The smallest absolute Gasteiger partial charge is 0.129 e. The molecule has 0 aliphatic heterocycles. The van der Waals surface area contributed by atoms with Crippen LogP contribution in [-0.4, -0.2) is 5.11 Å². The van der Waals surface area contributed by atoms with Gasteiger partial charge in [-0.1, -0.05) is 6.07 Å². The zero-order valence-corrected chi connectivity index (χ0v) is 10.1. The number of thiophene rings is 1. The van der Waals surface area contributed by atoms with Gasteiger partial charge in [-0.25, -0.2) is 8.78 Å². The standard InChI is InChI=1S/C13H12F2OS/c1-8-5-6-13(17-8)12(16)7-9-10(14)3-2-4-11(9)15/h2-6,12,16H,7H2,1H3. The number of aliphatic hydroxyl groups excluding tert-OH is 1. The number of aliphatic hydroxyl groups is 1. The molecule has 1 atom stereocenters. The Morgan fingerprint density at radius 1 is 1.18 bits per heavy atom. The second kappa shape index (κ2) is 4.94. The third-order valence-corrected chi connectivity index (χ3v) is 3.65. The fourth-order valence-electron chi connectivity index (χ4n) is 1.65. The lowest BCUT2D eigenvalue weighted by molar-refractivity contribution is 0.179. The van der Waals surface area contributed by atoms with Gasteiger partial charge in [-0.15, -0.1) is 11.3 Å². The van der Waals surface area contributed by atoms with E-state index in [-0.39, 0.29) is 12.0 Å². The topological polar surface area (TPSA) is 20.2 Å². The Bertz CT molecular complexity index is 502. The molecule has 1 aromatic carbocycles. The molecule has 2 aromatic rings. The van der Waals surface area contributed by atoms with E-state index in [1.165, 1.54) is 29.5 Å². The van der Waals surface area contributed by atoms with Gasteiger partial charge >= 0.3 is 0 Å². The van der Waals surface area contributed by atoms with Crippen LogP contribution in [0.4, 0.5) is 8.78 Å². The largest absolute Gasteiger partial charge is 0.387 e. The van der Waals surface area contributed by atoms with Gasteiger partial charge in [0.05, 0.1) is 6.10 Å². The Morgan fingerprint density at radius 3 is 2.35 bits per heavy atom. The molecule has 0 aliphatic carbocycles. The molecule has 0 fully saturated rings. The van der Waals surface area contributed by atoms with Crippen molar-refractivity contribution >= 4 is 11.3 Å². The minimum Gasteiger partial charge on any atom is -0.387 e. The van der Waals surface area contributed by atoms with Crippen LogP contribution in [0.2, 0.25) is 0 Å². The molecule has 1 N–H and O–H groups in total. The Balaban J connectivity index is 2.21. The van der Waals surface area contributed by atoms with Crippen LogP contribution >= 0.6 is 11.3 Å². The Morgan fingerprint density at radius 2 is 1.82 bits per heavy atom. The average molecular weight is 254 g/mol. The molecule has 0 saturated heterocycles. The normalized spacial score (nSPS) is 12.7. The zero-order valence-electron chi connectivity index (χ0n) is 9.28. The number of hydrogen-bond donors (Lipinski definition) is 1. The predicted molar refractivity (Wildman–Crippen MR) is 64.1 cm³/mol. The van der Waals surface area contributed by atoms with Crippen molar-refractivity contribution in [3.8, 4) is 0 Å². The maximum absolute atomic E-state index is 13.4. The molecule has 4 heteroatoms. The monoisotopic (exact) mass is 254 g/mol. The maximum atomic E-state index is 13.4. The van der Waals surface area contributed by atoms with Gasteiger partial charge in [-0.3, -0.25) is 0 Å². The quantitative estimate of drug-likeness (QED) is 0.887. The summed E-state index contributed by atoms with van der Waals surface area (Å²) in [5.74, 6) is -1.23. The molecule has 1 heterocycles. The summed E-state index contributed by atoms with van der Waals surface area (Å²) in [6.45, 7) is 1.92. The summed E-state index contributed by atoms with van der Waals surface area (Å²) in [5.41, 5.74) is -0.0638. The fraction of sp³-hybridized carbons (Fsp3) is 0.231. The lowest BCUT2D eigenvalue weighted by Crippen LogP contribution is -2.04. The van der Waals surface area contributed by atoms with E-state index in [0.717, 1.165) is 9.75 Å². The number of halogens is 2. The van der Waals surface area contributed by atoms with E-state index in [0.29, 0.717) is 0 Å². The first-order valence-electron chi connectivity index (χ1n) is 5.25. The molecule has 17 heavy (non-hydrogen) atoms. The molecule has 0 spiro atoms. The van der Waals surface area contributed by atoms with Gasteiger partial charge in [0.15, 0.2) is 0 Å². The van der Waals surface area contributed by atoms with Crippen LogP contribution in [0.25, 0.3) is 0 Å². The van der Waals surface area contributed by atoms with Gasteiger partial charge < -0.3 is 5.11 Å². The zero-order chi connectivity index (χ0) is 12.4. The Labute approximate surface area is 102 Å². The summed E-state index contributed by atoms with van der Waals surface area (Å²) in [5, 5.41) is 9.91. The molecule has 0 radical (unpaired) electrons. The van der Waals surface area contributed by atoms with Gasteiger partial charge in [0.1, 0.15) is 11.6 Å². The number of rotatable bonds is 3. The molecule has 90 valence electrons. The Kier molecular flexibility index (Phi) is 3.54. The summed E-state index contributed by atoms with van der Waals surface area (Å²) in [6.07, 6.45) is -0.904. The van der Waals surface area contributed by atoms with Crippen LogP contribution in [-0.2, 0) is 6.42 Å². The van der Waals surface area contributed by atoms with Crippen molar-refractivity contribution in [3.05, 3.63) is 57.3 Å². The molecule has 0 bridgehead atoms. The highest BCUT2D eigenvalue weighted by Gasteiger charge is 2.16. The van der Waals surface area contributed by atoms with Crippen molar-refractivity contribution in [3.63, 3.8) is 0 Å². The van der Waals surface area contributed by atoms with Crippen molar-refractivity contribution in [2.75, 3.05) is 0 Å². The van der Waals surface area contributed by atoms with E-state index < -0.39 is 17.7 Å².